The zero-order valence-corrected chi connectivity index (χ0v) is 17.5. The predicted molar refractivity (Wildman–Crippen MR) is 110 cm³/mol. The maximum atomic E-state index is 12.2. The van der Waals surface area contributed by atoms with Crippen LogP contribution in [0.5, 0.6) is 11.5 Å². The van der Waals surface area contributed by atoms with Gasteiger partial charge in [0.25, 0.3) is 0 Å². The summed E-state index contributed by atoms with van der Waals surface area (Å²) in [4.78, 5) is 18.5. The summed E-state index contributed by atoms with van der Waals surface area (Å²) in [5.74, 6) is 1.73. The number of carbonyl (C=O) groups excluding carboxylic acids is 1. The van der Waals surface area contributed by atoms with Crippen LogP contribution in [-0.2, 0) is 4.79 Å². The standard InChI is InChI=1S/C21H35N3O4/c1-4-24(5-2)21(26)16-23-13-11-22(12-14-23)15-18(25)17-28-20-9-7-19(8-10-20)27-6-3/h7-10,18,25H,4-6,11-17H2,1-3H3. The third-order valence-corrected chi connectivity index (χ3v) is 4.99. The number of hydrogen-bond donors (Lipinski definition) is 1. The first kappa shape index (κ1) is 22.5. The molecule has 0 aliphatic carbocycles. The van der Waals surface area contributed by atoms with Gasteiger partial charge in [-0.3, -0.25) is 14.6 Å². The van der Waals surface area contributed by atoms with Crippen molar-refractivity contribution < 1.29 is 19.4 Å². The number of β-amino-alcohol motifs (C(OH)–C–C–N with tert-alkyl or cyclic N) is 1. The summed E-state index contributed by atoms with van der Waals surface area (Å²) >= 11 is 0. The molecule has 28 heavy (non-hydrogen) atoms. The molecule has 7 nitrogen and oxygen atoms in total. The first-order chi connectivity index (χ1) is 13.5. The number of hydrogen-bond acceptors (Lipinski definition) is 6. The Hall–Kier alpha value is -1.83. The second kappa shape index (κ2) is 11.9. The Labute approximate surface area is 168 Å². The number of aliphatic hydroxyl groups excluding tert-OH is 1. The van der Waals surface area contributed by atoms with Gasteiger partial charge in [-0.2, -0.15) is 0 Å². The van der Waals surface area contributed by atoms with E-state index in [1.54, 1.807) is 0 Å². The van der Waals surface area contributed by atoms with Crippen LogP contribution in [0, 0.1) is 0 Å². The predicted octanol–water partition coefficient (Wildman–Crippen LogP) is 1.31. The van der Waals surface area contributed by atoms with Crippen molar-refractivity contribution in [2.45, 2.75) is 26.9 Å². The molecule has 0 spiro atoms. The molecule has 1 N–H and O–H groups in total. The van der Waals surface area contributed by atoms with Crippen molar-refractivity contribution in [3.63, 3.8) is 0 Å². The molecule has 1 amide bonds. The molecule has 1 unspecified atom stereocenters. The van der Waals surface area contributed by atoms with Crippen LogP contribution in [0.15, 0.2) is 24.3 Å². The maximum Gasteiger partial charge on any atom is 0.236 e. The lowest BCUT2D eigenvalue weighted by molar-refractivity contribution is -0.132. The number of aliphatic hydroxyl groups is 1. The summed E-state index contributed by atoms with van der Waals surface area (Å²) in [6.07, 6.45) is -0.546. The van der Waals surface area contributed by atoms with Crippen molar-refractivity contribution >= 4 is 5.91 Å². The van der Waals surface area contributed by atoms with E-state index in [-0.39, 0.29) is 12.5 Å². The van der Waals surface area contributed by atoms with Crippen LogP contribution in [0.1, 0.15) is 20.8 Å². The quantitative estimate of drug-likeness (QED) is 0.612. The number of likely N-dealkylation sites (N-methyl/N-ethyl adjacent to an activating group) is 1. The highest BCUT2D eigenvalue weighted by atomic mass is 16.5. The first-order valence-electron chi connectivity index (χ1n) is 10.3. The van der Waals surface area contributed by atoms with Crippen LogP contribution in [-0.4, -0.2) is 97.4 Å². The summed E-state index contributed by atoms with van der Waals surface area (Å²) in [6, 6.07) is 7.43. The molecule has 1 fully saturated rings. The van der Waals surface area contributed by atoms with Gasteiger partial charge in [0.05, 0.1) is 13.2 Å². The van der Waals surface area contributed by atoms with E-state index in [2.05, 4.69) is 9.80 Å². The molecule has 158 valence electrons. The van der Waals surface area contributed by atoms with E-state index in [4.69, 9.17) is 9.47 Å². The van der Waals surface area contributed by atoms with Gasteiger partial charge in [0.1, 0.15) is 24.2 Å². The fraction of sp³-hybridized carbons (Fsp3) is 0.667. The number of piperazine rings is 1. The van der Waals surface area contributed by atoms with E-state index in [0.29, 0.717) is 19.7 Å². The van der Waals surface area contributed by atoms with Gasteiger partial charge in [0.2, 0.25) is 5.91 Å². The fourth-order valence-electron chi connectivity index (χ4n) is 3.34. The minimum absolute atomic E-state index is 0.197. The van der Waals surface area contributed by atoms with E-state index in [9.17, 15) is 9.90 Å². The van der Waals surface area contributed by atoms with Crippen molar-refractivity contribution in [3.05, 3.63) is 24.3 Å². The highest BCUT2D eigenvalue weighted by Crippen LogP contribution is 2.17. The van der Waals surface area contributed by atoms with E-state index in [1.807, 2.05) is 49.9 Å². The fourth-order valence-corrected chi connectivity index (χ4v) is 3.34. The Balaban J connectivity index is 1.66. The Morgan fingerprint density at radius 2 is 1.54 bits per heavy atom. The average Bonchev–Trinajstić information content (AvgIpc) is 2.70. The molecule has 0 bridgehead atoms. The summed E-state index contributed by atoms with van der Waals surface area (Å²) in [5.41, 5.74) is 0. The monoisotopic (exact) mass is 393 g/mol. The van der Waals surface area contributed by atoms with Gasteiger partial charge >= 0.3 is 0 Å². The summed E-state index contributed by atoms with van der Waals surface area (Å²) in [5, 5.41) is 10.3. The van der Waals surface area contributed by atoms with Gasteiger partial charge in [-0.1, -0.05) is 0 Å². The molecule has 0 saturated carbocycles. The van der Waals surface area contributed by atoms with Gasteiger partial charge in [-0.25, -0.2) is 0 Å². The molecule has 1 aliphatic rings. The maximum absolute atomic E-state index is 12.2. The molecule has 1 aromatic rings. The molecule has 2 rings (SSSR count). The lowest BCUT2D eigenvalue weighted by Crippen LogP contribution is -2.51. The summed E-state index contributed by atoms with van der Waals surface area (Å²) in [7, 11) is 0. The smallest absolute Gasteiger partial charge is 0.236 e. The number of benzene rings is 1. The second-order valence-electron chi connectivity index (χ2n) is 7.01. The van der Waals surface area contributed by atoms with Gasteiger partial charge in [-0.15, -0.1) is 0 Å². The zero-order valence-electron chi connectivity index (χ0n) is 17.5. The molecule has 0 aromatic heterocycles. The summed E-state index contributed by atoms with van der Waals surface area (Å²) < 4.78 is 11.1. The van der Waals surface area contributed by atoms with Crippen molar-refractivity contribution in [2.24, 2.45) is 0 Å². The minimum atomic E-state index is -0.546. The van der Waals surface area contributed by atoms with Crippen LogP contribution >= 0.6 is 0 Å². The van der Waals surface area contributed by atoms with E-state index >= 15 is 0 Å². The molecule has 1 heterocycles. The molecule has 1 saturated heterocycles. The average molecular weight is 394 g/mol. The van der Waals surface area contributed by atoms with E-state index in [1.165, 1.54) is 0 Å². The minimum Gasteiger partial charge on any atom is -0.494 e. The summed E-state index contributed by atoms with van der Waals surface area (Å²) in [6.45, 7) is 12.8. The van der Waals surface area contributed by atoms with Crippen molar-refractivity contribution in [1.29, 1.82) is 0 Å². The third-order valence-electron chi connectivity index (χ3n) is 4.99. The van der Waals surface area contributed by atoms with Gasteiger partial charge in [-0.05, 0) is 45.0 Å². The van der Waals surface area contributed by atoms with Crippen molar-refractivity contribution in [1.82, 2.24) is 14.7 Å². The van der Waals surface area contributed by atoms with Gasteiger partial charge < -0.3 is 19.5 Å². The van der Waals surface area contributed by atoms with Crippen LogP contribution in [0.3, 0.4) is 0 Å². The molecule has 0 radical (unpaired) electrons. The van der Waals surface area contributed by atoms with Crippen molar-refractivity contribution in [3.8, 4) is 11.5 Å². The van der Waals surface area contributed by atoms with Crippen LogP contribution in [0.4, 0.5) is 0 Å². The highest BCUT2D eigenvalue weighted by molar-refractivity contribution is 5.78. The van der Waals surface area contributed by atoms with Crippen LogP contribution in [0.25, 0.3) is 0 Å². The third kappa shape index (κ3) is 7.30. The van der Waals surface area contributed by atoms with Gasteiger partial charge in [0.15, 0.2) is 0 Å². The Morgan fingerprint density at radius 3 is 2.07 bits per heavy atom. The zero-order chi connectivity index (χ0) is 20.4. The SMILES string of the molecule is CCOc1ccc(OCC(O)CN2CCN(CC(=O)N(CC)CC)CC2)cc1. The first-order valence-corrected chi connectivity index (χ1v) is 10.3. The normalized spacial score (nSPS) is 16.6. The van der Waals surface area contributed by atoms with E-state index < -0.39 is 6.10 Å². The van der Waals surface area contributed by atoms with Crippen LogP contribution < -0.4 is 9.47 Å². The lowest BCUT2D eigenvalue weighted by atomic mass is 10.2. The van der Waals surface area contributed by atoms with E-state index in [0.717, 1.165) is 50.8 Å². The number of amides is 1. The molecular weight excluding hydrogens is 358 g/mol. The topological polar surface area (TPSA) is 65.5 Å². The molecule has 1 atom stereocenters. The Bertz CT molecular complexity index is 570. The molecule has 7 heteroatoms. The lowest BCUT2D eigenvalue weighted by Gasteiger charge is -2.36. The highest BCUT2D eigenvalue weighted by Gasteiger charge is 2.22. The molecule has 1 aliphatic heterocycles. The molecular formula is C21H35N3O4. The molecule has 1 aromatic carbocycles. The van der Waals surface area contributed by atoms with Gasteiger partial charge in [0, 0.05) is 45.8 Å². The number of nitrogens with zero attached hydrogens (tertiary/aromatic N) is 3. The van der Waals surface area contributed by atoms with Crippen molar-refractivity contribution in [2.75, 3.05) is 65.6 Å². The number of rotatable bonds is 11. The Morgan fingerprint density at radius 1 is 1.00 bits per heavy atom. The largest absolute Gasteiger partial charge is 0.494 e. The number of ether oxygens (including phenoxy) is 2. The number of carbonyl (C=O) groups is 1. The Kier molecular flexibility index (Phi) is 9.54. The second-order valence-corrected chi connectivity index (χ2v) is 7.01. The van der Waals surface area contributed by atoms with Crippen LogP contribution in [0.2, 0.25) is 0 Å².